The molecule has 0 spiro atoms. The Morgan fingerprint density at radius 3 is 2.74 bits per heavy atom. The molecule has 4 rings (SSSR count). The van der Waals surface area contributed by atoms with Gasteiger partial charge < -0.3 is 9.80 Å². The maximum Gasteiger partial charge on any atom is 0.248 e. The SMILES string of the molecule is Cc1cccc(C2=NCC(=O)N3CCc4c(CN(C)C)cccc4C3=C2)c1. The summed E-state index contributed by atoms with van der Waals surface area (Å²) in [5.41, 5.74) is 7.98. The molecule has 2 heterocycles. The number of carbonyl (C=O) groups is 1. The average molecular weight is 359 g/mol. The molecule has 4 nitrogen and oxygen atoms in total. The Bertz CT molecular complexity index is 956. The molecule has 0 saturated carbocycles. The Morgan fingerprint density at radius 2 is 1.96 bits per heavy atom. The summed E-state index contributed by atoms with van der Waals surface area (Å²) in [5.74, 6) is 0.0764. The molecule has 0 N–H and O–H groups in total. The number of rotatable bonds is 3. The summed E-state index contributed by atoms with van der Waals surface area (Å²) in [6, 6.07) is 14.7. The Kier molecular flexibility index (Phi) is 4.66. The van der Waals surface area contributed by atoms with Gasteiger partial charge in [0.2, 0.25) is 5.91 Å². The van der Waals surface area contributed by atoms with Gasteiger partial charge in [0.05, 0.1) is 11.4 Å². The minimum absolute atomic E-state index is 0.0764. The van der Waals surface area contributed by atoms with Gasteiger partial charge in [-0.05, 0) is 50.7 Å². The predicted molar refractivity (Wildman–Crippen MR) is 110 cm³/mol. The zero-order chi connectivity index (χ0) is 19.0. The lowest BCUT2D eigenvalue weighted by Crippen LogP contribution is -2.36. The van der Waals surface area contributed by atoms with E-state index in [0.717, 1.165) is 42.0 Å². The van der Waals surface area contributed by atoms with Crippen LogP contribution in [0, 0.1) is 6.92 Å². The van der Waals surface area contributed by atoms with Crippen molar-refractivity contribution in [2.75, 3.05) is 27.2 Å². The summed E-state index contributed by atoms with van der Waals surface area (Å²) in [6.07, 6.45) is 2.99. The van der Waals surface area contributed by atoms with E-state index in [-0.39, 0.29) is 12.5 Å². The first-order valence-corrected chi connectivity index (χ1v) is 9.42. The third-order valence-corrected chi connectivity index (χ3v) is 5.18. The fourth-order valence-electron chi connectivity index (χ4n) is 3.96. The zero-order valence-electron chi connectivity index (χ0n) is 16.2. The number of fused-ring (bicyclic) bond motifs is 3. The van der Waals surface area contributed by atoms with Crippen molar-refractivity contribution in [3.05, 3.63) is 76.4 Å². The van der Waals surface area contributed by atoms with Gasteiger partial charge in [0.25, 0.3) is 0 Å². The molecule has 2 aliphatic rings. The molecular formula is C23H25N3O. The maximum atomic E-state index is 12.7. The van der Waals surface area contributed by atoms with Crippen molar-refractivity contribution in [3.63, 3.8) is 0 Å². The largest absolute Gasteiger partial charge is 0.310 e. The first kappa shape index (κ1) is 17.7. The Balaban J connectivity index is 1.83. The molecule has 0 aliphatic carbocycles. The summed E-state index contributed by atoms with van der Waals surface area (Å²) in [6.45, 7) is 3.91. The lowest BCUT2D eigenvalue weighted by molar-refractivity contribution is -0.126. The van der Waals surface area contributed by atoms with Crippen LogP contribution in [0.3, 0.4) is 0 Å². The van der Waals surface area contributed by atoms with Crippen LogP contribution in [0.4, 0.5) is 0 Å². The predicted octanol–water partition coefficient (Wildman–Crippen LogP) is 3.29. The summed E-state index contributed by atoms with van der Waals surface area (Å²) in [5, 5.41) is 0. The van der Waals surface area contributed by atoms with Crippen molar-refractivity contribution in [3.8, 4) is 0 Å². The number of nitrogens with zero attached hydrogens (tertiary/aromatic N) is 3. The van der Waals surface area contributed by atoms with Gasteiger partial charge in [0.1, 0.15) is 6.54 Å². The number of carbonyl (C=O) groups excluding carboxylic acids is 1. The lowest BCUT2D eigenvalue weighted by atomic mass is 9.90. The molecule has 2 aliphatic heterocycles. The highest BCUT2D eigenvalue weighted by atomic mass is 16.2. The fraction of sp³-hybridized carbons (Fsp3) is 0.304. The number of hydrogen-bond acceptors (Lipinski definition) is 3. The van der Waals surface area contributed by atoms with Crippen molar-refractivity contribution in [1.29, 1.82) is 0 Å². The topological polar surface area (TPSA) is 35.9 Å². The van der Waals surface area contributed by atoms with Crippen LogP contribution in [-0.4, -0.2) is 48.6 Å². The van der Waals surface area contributed by atoms with Crippen molar-refractivity contribution < 1.29 is 4.79 Å². The number of aliphatic imine (C=N–C) groups is 1. The van der Waals surface area contributed by atoms with Crippen molar-refractivity contribution >= 4 is 17.3 Å². The van der Waals surface area contributed by atoms with E-state index >= 15 is 0 Å². The number of hydrogen-bond donors (Lipinski definition) is 0. The van der Waals surface area contributed by atoms with Crippen LogP contribution in [0.2, 0.25) is 0 Å². The molecule has 27 heavy (non-hydrogen) atoms. The second-order valence-electron chi connectivity index (χ2n) is 7.58. The molecule has 0 fully saturated rings. The van der Waals surface area contributed by atoms with Crippen LogP contribution in [0.15, 0.2) is 53.5 Å². The summed E-state index contributed by atoms with van der Waals surface area (Å²) < 4.78 is 0. The van der Waals surface area contributed by atoms with Crippen LogP contribution in [0.5, 0.6) is 0 Å². The van der Waals surface area contributed by atoms with Gasteiger partial charge in [0, 0.05) is 24.2 Å². The fourth-order valence-corrected chi connectivity index (χ4v) is 3.96. The highest BCUT2D eigenvalue weighted by molar-refractivity contribution is 6.15. The summed E-state index contributed by atoms with van der Waals surface area (Å²) in [7, 11) is 4.18. The van der Waals surface area contributed by atoms with Gasteiger partial charge in [-0.1, -0.05) is 42.0 Å². The van der Waals surface area contributed by atoms with Crippen LogP contribution >= 0.6 is 0 Å². The highest BCUT2D eigenvalue weighted by Gasteiger charge is 2.29. The van der Waals surface area contributed by atoms with Gasteiger partial charge in [-0.25, -0.2) is 0 Å². The molecular weight excluding hydrogens is 334 g/mol. The Labute approximate surface area is 160 Å². The highest BCUT2D eigenvalue weighted by Crippen LogP contribution is 2.33. The smallest absolute Gasteiger partial charge is 0.248 e. The number of aryl methyl sites for hydroxylation is 1. The van der Waals surface area contributed by atoms with Crippen LogP contribution in [0.1, 0.15) is 27.8 Å². The molecule has 2 aromatic rings. The normalized spacial score (nSPS) is 16.4. The summed E-state index contributed by atoms with van der Waals surface area (Å²) >= 11 is 0. The summed E-state index contributed by atoms with van der Waals surface area (Å²) in [4.78, 5) is 21.5. The van der Waals surface area contributed by atoms with Crippen LogP contribution in [0.25, 0.3) is 5.70 Å². The molecule has 0 bridgehead atoms. The quantitative estimate of drug-likeness (QED) is 0.843. The number of amides is 1. The van der Waals surface area contributed by atoms with Crippen molar-refractivity contribution in [2.24, 2.45) is 4.99 Å². The van der Waals surface area contributed by atoms with Gasteiger partial charge in [-0.2, -0.15) is 0 Å². The van der Waals surface area contributed by atoms with Crippen molar-refractivity contribution in [2.45, 2.75) is 19.9 Å². The minimum Gasteiger partial charge on any atom is -0.310 e. The van der Waals surface area contributed by atoms with E-state index in [4.69, 9.17) is 0 Å². The number of benzene rings is 2. The Hall–Kier alpha value is -2.72. The van der Waals surface area contributed by atoms with Gasteiger partial charge >= 0.3 is 0 Å². The molecule has 0 atom stereocenters. The molecule has 138 valence electrons. The molecule has 1 amide bonds. The van der Waals surface area contributed by atoms with Crippen LogP contribution < -0.4 is 0 Å². The second-order valence-corrected chi connectivity index (χ2v) is 7.58. The minimum atomic E-state index is 0.0764. The second kappa shape index (κ2) is 7.12. The van der Waals surface area contributed by atoms with E-state index < -0.39 is 0 Å². The lowest BCUT2D eigenvalue weighted by Gasteiger charge is -2.32. The van der Waals surface area contributed by atoms with E-state index in [1.54, 1.807) is 0 Å². The van der Waals surface area contributed by atoms with E-state index in [0.29, 0.717) is 0 Å². The molecule has 0 saturated heterocycles. The average Bonchev–Trinajstić information content (AvgIpc) is 2.81. The third-order valence-electron chi connectivity index (χ3n) is 5.18. The van der Waals surface area contributed by atoms with E-state index in [9.17, 15) is 4.79 Å². The third kappa shape index (κ3) is 3.45. The van der Waals surface area contributed by atoms with Gasteiger partial charge in [-0.15, -0.1) is 0 Å². The Morgan fingerprint density at radius 1 is 1.15 bits per heavy atom. The van der Waals surface area contributed by atoms with Gasteiger partial charge in [0.15, 0.2) is 0 Å². The van der Waals surface area contributed by atoms with Gasteiger partial charge in [-0.3, -0.25) is 9.79 Å². The molecule has 2 aromatic carbocycles. The first-order chi connectivity index (χ1) is 13.0. The maximum absolute atomic E-state index is 12.7. The standard InChI is InChI=1S/C23H25N3O/c1-16-6-4-7-17(12-16)21-13-22-20-9-5-8-18(15-25(2)3)19(20)10-11-26(22)23(27)14-24-21/h4-9,12-13H,10-11,14-15H2,1-3H3. The monoisotopic (exact) mass is 359 g/mol. The van der Waals surface area contributed by atoms with E-state index in [1.807, 2.05) is 11.0 Å². The van der Waals surface area contributed by atoms with E-state index in [1.165, 1.54) is 16.7 Å². The molecule has 0 radical (unpaired) electrons. The van der Waals surface area contributed by atoms with Crippen molar-refractivity contribution in [1.82, 2.24) is 9.80 Å². The van der Waals surface area contributed by atoms with E-state index in [2.05, 4.69) is 73.4 Å². The van der Waals surface area contributed by atoms with Crippen LogP contribution in [-0.2, 0) is 17.8 Å². The molecule has 0 aromatic heterocycles. The number of allylic oxidation sites excluding steroid dienone is 1. The first-order valence-electron chi connectivity index (χ1n) is 9.42. The zero-order valence-corrected chi connectivity index (χ0v) is 16.2. The molecule has 4 heteroatoms. The molecule has 0 unspecified atom stereocenters.